The maximum Gasteiger partial charge on any atom is 0.126 e. The summed E-state index contributed by atoms with van der Waals surface area (Å²) in [6.07, 6.45) is 0.597. The largest absolute Gasteiger partial charge is 0.507 e. The zero-order valence-corrected chi connectivity index (χ0v) is 16.8. The molecule has 2 rings (SSSR count). The summed E-state index contributed by atoms with van der Waals surface area (Å²) >= 11 is 0. The highest BCUT2D eigenvalue weighted by Crippen LogP contribution is 2.31. The monoisotopic (exact) mass is 389 g/mol. The molecule has 0 aromatic heterocycles. The second kappa shape index (κ2) is 10.9. The highest BCUT2D eigenvalue weighted by Gasteiger charge is 2.15. The summed E-state index contributed by atoms with van der Waals surface area (Å²) < 4.78 is 20.8. The fourth-order valence-electron chi connectivity index (χ4n) is 3.28. The second-order valence-electron chi connectivity index (χ2n) is 6.53. The maximum atomic E-state index is 11.3. The number of nitrogens with zero attached hydrogens (tertiary/aromatic N) is 1. The van der Waals surface area contributed by atoms with Crippen LogP contribution in [0.3, 0.4) is 0 Å². The first-order valence-electron chi connectivity index (χ1n) is 8.85. The van der Waals surface area contributed by atoms with Gasteiger partial charge in [0.15, 0.2) is 0 Å². The zero-order valence-electron chi connectivity index (χ0n) is 16.8. The van der Waals surface area contributed by atoms with E-state index < -0.39 is 0 Å². The molecular weight excluding hydrogens is 362 g/mol. The van der Waals surface area contributed by atoms with Crippen molar-refractivity contribution >= 4 is 5.69 Å². The molecule has 152 valence electrons. The topological polar surface area (TPSA) is 86.6 Å². The highest BCUT2D eigenvalue weighted by atomic mass is 16.5. The average molecular weight is 389 g/mol. The molecule has 0 aliphatic rings. The Hall–Kier alpha value is -2.32. The van der Waals surface area contributed by atoms with E-state index in [2.05, 4.69) is 5.18 Å². The van der Waals surface area contributed by atoms with Crippen molar-refractivity contribution in [3.63, 3.8) is 0 Å². The number of rotatable bonds is 11. The van der Waals surface area contributed by atoms with E-state index in [4.69, 9.17) is 18.9 Å². The average Bonchev–Trinajstić information content (AvgIpc) is 2.66. The van der Waals surface area contributed by atoms with Gasteiger partial charge in [-0.2, -0.15) is 0 Å². The van der Waals surface area contributed by atoms with Crippen molar-refractivity contribution in [1.29, 1.82) is 0 Å². The smallest absolute Gasteiger partial charge is 0.126 e. The molecule has 7 heteroatoms. The first kappa shape index (κ1) is 22.0. The molecule has 2 aromatic carbocycles. The molecule has 0 fully saturated rings. The van der Waals surface area contributed by atoms with Crippen LogP contribution in [0, 0.1) is 4.91 Å². The zero-order chi connectivity index (χ0) is 20.5. The Morgan fingerprint density at radius 1 is 0.714 bits per heavy atom. The van der Waals surface area contributed by atoms with Crippen LogP contribution >= 0.6 is 0 Å². The number of hydrogen-bond donors (Lipinski definition) is 1. The molecule has 0 spiro atoms. The van der Waals surface area contributed by atoms with Crippen LogP contribution in [-0.2, 0) is 51.8 Å². The molecule has 0 amide bonds. The van der Waals surface area contributed by atoms with Crippen LogP contribution in [0.5, 0.6) is 5.75 Å². The third-order valence-electron chi connectivity index (χ3n) is 4.35. The highest BCUT2D eigenvalue weighted by molar-refractivity contribution is 5.55. The molecule has 28 heavy (non-hydrogen) atoms. The molecule has 0 radical (unpaired) electrons. The van der Waals surface area contributed by atoms with Crippen LogP contribution in [0.25, 0.3) is 0 Å². The Morgan fingerprint density at radius 2 is 1.07 bits per heavy atom. The Labute approximate surface area is 165 Å². The number of phenolic OH excluding ortho intramolecular Hbond substituents is 1. The van der Waals surface area contributed by atoms with Gasteiger partial charge in [0, 0.05) is 50.7 Å². The van der Waals surface area contributed by atoms with Gasteiger partial charge in [-0.3, -0.25) is 0 Å². The Kier molecular flexibility index (Phi) is 8.53. The summed E-state index contributed by atoms with van der Waals surface area (Å²) in [5.74, 6) is 0.188. The van der Waals surface area contributed by atoms with E-state index in [1.54, 1.807) is 28.4 Å². The summed E-state index contributed by atoms with van der Waals surface area (Å²) in [6, 6.07) is 7.65. The van der Waals surface area contributed by atoms with Gasteiger partial charge in [-0.25, -0.2) is 0 Å². The number of phenols is 1. The first-order valence-corrected chi connectivity index (χ1v) is 8.85. The summed E-state index contributed by atoms with van der Waals surface area (Å²) in [6.45, 7) is 1.17. The molecule has 2 aromatic rings. The van der Waals surface area contributed by atoms with E-state index in [1.165, 1.54) is 0 Å². The van der Waals surface area contributed by atoms with Crippen LogP contribution < -0.4 is 0 Å². The van der Waals surface area contributed by atoms with Crippen molar-refractivity contribution < 1.29 is 24.1 Å². The van der Waals surface area contributed by atoms with Crippen molar-refractivity contribution in [3.05, 3.63) is 62.6 Å². The molecule has 0 saturated heterocycles. The van der Waals surface area contributed by atoms with Gasteiger partial charge in [0.25, 0.3) is 0 Å². The number of aromatic hydroxyl groups is 1. The Bertz CT molecular complexity index is 751. The van der Waals surface area contributed by atoms with Gasteiger partial charge in [-0.15, -0.1) is 4.91 Å². The lowest BCUT2D eigenvalue weighted by Gasteiger charge is -2.15. The van der Waals surface area contributed by atoms with Crippen molar-refractivity contribution in [2.24, 2.45) is 5.18 Å². The van der Waals surface area contributed by atoms with Gasteiger partial charge >= 0.3 is 0 Å². The minimum absolute atomic E-state index is 0.188. The number of methoxy groups -OCH3 is 4. The van der Waals surface area contributed by atoms with Gasteiger partial charge in [0.1, 0.15) is 11.4 Å². The Balaban J connectivity index is 2.47. The fraction of sp³-hybridized carbons (Fsp3) is 0.429. The van der Waals surface area contributed by atoms with E-state index in [0.717, 1.165) is 22.3 Å². The predicted octanol–water partition coefficient (Wildman–Crippen LogP) is 3.97. The number of hydrogen-bond acceptors (Lipinski definition) is 7. The molecule has 0 saturated carbocycles. The standard InChI is InChI=1S/C21H27NO6/c1-25-10-16-6-14(7-17(11-26-2)20(16)22-24)5-15-8-18(12-27-3)21(23)19(9-15)13-28-4/h6-9,23H,5,10-13H2,1-4H3. The van der Waals surface area contributed by atoms with Crippen molar-refractivity contribution in [2.75, 3.05) is 28.4 Å². The molecule has 0 atom stereocenters. The SMILES string of the molecule is COCc1cc(Cc2cc(COC)c(N=O)c(COC)c2)cc(COC)c1O. The summed E-state index contributed by atoms with van der Waals surface area (Å²) in [5.41, 5.74) is 5.18. The molecule has 0 aliphatic carbocycles. The van der Waals surface area contributed by atoms with Crippen molar-refractivity contribution in [1.82, 2.24) is 0 Å². The maximum absolute atomic E-state index is 11.3. The quantitative estimate of drug-likeness (QED) is 0.585. The van der Waals surface area contributed by atoms with Gasteiger partial charge in [0.2, 0.25) is 0 Å². The van der Waals surface area contributed by atoms with E-state index in [-0.39, 0.29) is 19.0 Å². The molecular formula is C21H27NO6. The van der Waals surface area contributed by atoms with Gasteiger partial charge < -0.3 is 24.1 Å². The van der Waals surface area contributed by atoms with Crippen molar-refractivity contribution in [2.45, 2.75) is 32.8 Å². The molecule has 7 nitrogen and oxygen atoms in total. The number of ether oxygens (including phenoxy) is 4. The molecule has 0 unspecified atom stereocenters. The molecule has 0 bridgehead atoms. The lowest BCUT2D eigenvalue weighted by Crippen LogP contribution is -2.01. The predicted molar refractivity (Wildman–Crippen MR) is 106 cm³/mol. The van der Waals surface area contributed by atoms with Crippen molar-refractivity contribution in [3.8, 4) is 5.75 Å². The van der Waals surface area contributed by atoms with E-state index in [1.807, 2.05) is 24.3 Å². The lowest BCUT2D eigenvalue weighted by atomic mass is 9.95. The van der Waals surface area contributed by atoms with Gasteiger partial charge in [0.05, 0.1) is 26.4 Å². The van der Waals surface area contributed by atoms with Crippen LogP contribution in [-0.4, -0.2) is 33.5 Å². The van der Waals surface area contributed by atoms with Crippen LogP contribution in [0.1, 0.15) is 33.4 Å². The molecule has 1 N–H and O–H groups in total. The van der Waals surface area contributed by atoms with Crippen LogP contribution in [0.4, 0.5) is 5.69 Å². The number of nitroso groups, excluding NO2 is 1. The minimum Gasteiger partial charge on any atom is -0.507 e. The first-order chi connectivity index (χ1) is 13.6. The number of benzene rings is 2. The minimum atomic E-state index is 0.188. The van der Waals surface area contributed by atoms with E-state index in [0.29, 0.717) is 36.4 Å². The lowest BCUT2D eigenvalue weighted by molar-refractivity contribution is 0.174. The van der Waals surface area contributed by atoms with E-state index in [9.17, 15) is 10.0 Å². The summed E-state index contributed by atoms with van der Waals surface area (Å²) in [5, 5.41) is 13.6. The third kappa shape index (κ3) is 5.36. The summed E-state index contributed by atoms with van der Waals surface area (Å²) in [4.78, 5) is 11.3. The molecule has 0 aliphatic heterocycles. The normalized spacial score (nSPS) is 11.0. The Morgan fingerprint density at radius 3 is 1.43 bits per heavy atom. The van der Waals surface area contributed by atoms with Gasteiger partial charge in [-0.1, -0.05) is 12.1 Å². The third-order valence-corrected chi connectivity index (χ3v) is 4.35. The van der Waals surface area contributed by atoms with Crippen LogP contribution in [0.15, 0.2) is 29.4 Å². The molecule has 0 heterocycles. The van der Waals surface area contributed by atoms with Crippen LogP contribution in [0.2, 0.25) is 0 Å². The summed E-state index contributed by atoms with van der Waals surface area (Å²) in [7, 11) is 6.32. The van der Waals surface area contributed by atoms with E-state index >= 15 is 0 Å². The fourth-order valence-corrected chi connectivity index (χ4v) is 3.28. The second-order valence-corrected chi connectivity index (χ2v) is 6.53. The van der Waals surface area contributed by atoms with Gasteiger partial charge in [-0.05, 0) is 34.9 Å².